The van der Waals surface area contributed by atoms with Crippen LogP contribution in [0, 0.1) is 20.8 Å². The van der Waals surface area contributed by atoms with Gasteiger partial charge in [0.1, 0.15) is 0 Å². The summed E-state index contributed by atoms with van der Waals surface area (Å²) >= 11 is 0. The molecule has 0 fully saturated rings. The van der Waals surface area contributed by atoms with Crippen LogP contribution < -0.4 is 15.6 Å². The fourth-order valence-corrected chi connectivity index (χ4v) is 25.3. The number of benzene rings is 15. The summed E-state index contributed by atoms with van der Waals surface area (Å²) in [5.74, 6) is 0. The monoisotopic (exact) mass is 1330 g/mol. The molecular formula is C102H82Si. The average Bonchev–Trinajstić information content (AvgIpc) is 1.61. The number of hydrogen-bond donors (Lipinski definition) is 0. The Hall–Kier alpha value is -12.0. The van der Waals surface area contributed by atoms with Crippen LogP contribution in [0.3, 0.4) is 0 Å². The third-order valence-corrected chi connectivity index (χ3v) is 28.5. The van der Waals surface area contributed by atoms with E-state index in [9.17, 15) is 0 Å². The zero-order chi connectivity index (χ0) is 70.2. The maximum absolute atomic E-state index is 4.57. The highest BCUT2D eigenvalue weighted by molar-refractivity contribution is 7.17. The third-order valence-electron chi connectivity index (χ3n) is 22.3. The maximum Gasteiger partial charge on any atom is 0.164 e. The summed E-state index contributed by atoms with van der Waals surface area (Å²) in [7, 11) is -4.57. The Bertz CT molecular complexity index is 5110. The van der Waals surface area contributed by atoms with E-state index in [0.29, 0.717) is 0 Å². The van der Waals surface area contributed by atoms with Crippen LogP contribution in [0.5, 0.6) is 0 Å². The van der Waals surface area contributed by atoms with Crippen LogP contribution in [0.1, 0.15) is 44.4 Å². The zero-order valence-electron chi connectivity index (χ0n) is 59.7. The van der Waals surface area contributed by atoms with Crippen molar-refractivity contribution in [1.82, 2.24) is 0 Å². The van der Waals surface area contributed by atoms with E-state index in [4.69, 9.17) is 0 Å². The first-order valence-electron chi connectivity index (χ1n) is 36.3. The first-order chi connectivity index (χ1) is 50.6. The highest BCUT2D eigenvalue weighted by Gasteiger charge is 2.62. The fraction of sp³-hybridized carbons (Fsp3) is 0.0784. The molecule has 0 saturated heterocycles. The van der Waals surface area contributed by atoms with E-state index in [1.54, 1.807) is 0 Å². The molecule has 1 aliphatic carbocycles. The minimum Gasteiger partial charge on any atom is -0.0730 e. The first-order valence-corrected chi connectivity index (χ1v) is 38.3. The molecule has 0 N–H and O–H groups in total. The lowest BCUT2D eigenvalue weighted by atomic mass is 9.80. The smallest absolute Gasteiger partial charge is 0.0730 e. The molecule has 1 aliphatic rings. The fourth-order valence-electron chi connectivity index (χ4n) is 17.8. The van der Waals surface area contributed by atoms with Crippen LogP contribution in [0.4, 0.5) is 0 Å². The summed E-state index contributed by atoms with van der Waals surface area (Å²) in [4.78, 5) is 0. The van der Waals surface area contributed by atoms with E-state index < -0.39 is 13.1 Å². The number of rotatable bonds is 16. The average molecular weight is 1340 g/mol. The highest BCUT2D eigenvalue weighted by Crippen LogP contribution is 2.61. The van der Waals surface area contributed by atoms with Gasteiger partial charge in [0, 0.05) is 5.04 Å². The van der Waals surface area contributed by atoms with Crippen molar-refractivity contribution in [3.05, 3.63) is 403 Å². The van der Waals surface area contributed by atoms with Crippen LogP contribution in [0.25, 0.3) is 134 Å². The summed E-state index contributed by atoms with van der Waals surface area (Å²) in [5.41, 5.74) is 36.2. The van der Waals surface area contributed by atoms with E-state index in [1.807, 2.05) is 0 Å². The molecule has 0 aliphatic heterocycles. The maximum atomic E-state index is 2.79. The van der Waals surface area contributed by atoms with Gasteiger partial charge in [-0.2, -0.15) is 0 Å². The van der Waals surface area contributed by atoms with E-state index in [0.717, 1.165) is 66.8 Å². The second-order valence-electron chi connectivity index (χ2n) is 27.9. The lowest BCUT2D eigenvalue weighted by Crippen LogP contribution is -2.76. The summed E-state index contributed by atoms with van der Waals surface area (Å²) < 4.78 is 0. The molecule has 494 valence electrons. The summed E-state index contributed by atoms with van der Waals surface area (Å²) in [6, 6.07) is 138. The Morgan fingerprint density at radius 3 is 0.485 bits per heavy atom. The van der Waals surface area contributed by atoms with E-state index >= 15 is 0 Å². The van der Waals surface area contributed by atoms with Crippen LogP contribution in [-0.2, 0) is 0 Å². The molecule has 0 aromatic heterocycles. The van der Waals surface area contributed by atoms with Gasteiger partial charge in [-0.25, -0.2) is 0 Å². The topological polar surface area (TPSA) is 0 Å². The molecule has 0 amide bonds. The highest BCUT2D eigenvalue weighted by atomic mass is 28.3. The van der Waals surface area contributed by atoms with E-state index in [1.165, 1.54) is 116 Å². The number of allylic oxidation sites excluding steroid dienone is 4. The van der Waals surface area contributed by atoms with E-state index in [2.05, 4.69) is 419 Å². The van der Waals surface area contributed by atoms with Gasteiger partial charge in [-0.05, 0) is 213 Å². The minimum absolute atomic E-state index is 0.805. The van der Waals surface area contributed by atoms with Crippen molar-refractivity contribution < 1.29 is 0 Å². The first kappa shape index (κ1) is 65.6. The Kier molecular flexibility index (Phi) is 17.7. The predicted molar refractivity (Wildman–Crippen MR) is 444 cm³/mol. The molecule has 15 aromatic rings. The molecule has 0 heterocycles. The van der Waals surface area contributed by atoms with Gasteiger partial charge >= 0.3 is 0 Å². The van der Waals surface area contributed by atoms with Crippen molar-refractivity contribution >= 4 is 23.6 Å². The molecule has 103 heavy (non-hydrogen) atoms. The van der Waals surface area contributed by atoms with Crippen LogP contribution in [0.15, 0.2) is 387 Å². The van der Waals surface area contributed by atoms with Gasteiger partial charge in [0.05, 0.1) is 0 Å². The van der Waals surface area contributed by atoms with Gasteiger partial charge in [-0.3, -0.25) is 0 Å². The number of hydrogen-bond acceptors (Lipinski definition) is 0. The van der Waals surface area contributed by atoms with Gasteiger partial charge in [0.2, 0.25) is 0 Å². The normalized spacial score (nSPS) is 13.6. The second kappa shape index (κ2) is 27.8. The Morgan fingerprint density at radius 2 is 0.330 bits per heavy atom. The van der Waals surface area contributed by atoms with Crippen molar-refractivity contribution in [2.24, 2.45) is 0 Å². The van der Waals surface area contributed by atoms with Crippen LogP contribution in [0.2, 0.25) is 5.04 Å². The molecule has 1 atom stereocenters. The molecule has 1 heteroatoms. The van der Waals surface area contributed by atoms with Crippen molar-refractivity contribution in [3.8, 4) is 134 Å². The molecule has 0 radical (unpaired) electrons. The Morgan fingerprint density at radius 1 is 0.184 bits per heavy atom. The molecule has 0 nitrogen and oxygen atoms in total. The summed E-state index contributed by atoms with van der Waals surface area (Å²) in [6.07, 6.45) is 2.79. The molecule has 0 spiro atoms. The molecule has 0 bridgehead atoms. The quantitative estimate of drug-likeness (QED) is 0.0668. The van der Waals surface area contributed by atoms with Crippen molar-refractivity contribution in [1.29, 1.82) is 0 Å². The van der Waals surface area contributed by atoms with Gasteiger partial charge in [-0.15, -0.1) is 0 Å². The van der Waals surface area contributed by atoms with Gasteiger partial charge in [0.15, 0.2) is 8.07 Å². The third kappa shape index (κ3) is 11.2. The van der Waals surface area contributed by atoms with Crippen molar-refractivity contribution in [3.63, 3.8) is 0 Å². The molecular weight excluding hydrogens is 1250 g/mol. The van der Waals surface area contributed by atoms with Crippen molar-refractivity contribution in [2.45, 2.75) is 53.5 Å². The SMILES string of the molecule is CC1=CC(C)([Si](c2c(C)c(-c3ccccc3)c(-c3ccccc3)c(-c3ccccc3)c2-c2ccccc2)(c2c(C)c(-c3ccccc3)c(-c3ccccc3)c(-c3ccccc3)c2-c2ccccc2)c2c(C)c(-c3ccccc3)c(-c3ccccc3)c(-c3ccccc3)c2-c2ccccc2)C(C)=C1C. The molecule has 1 unspecified atom stereocenters. The van der Waals surface area contributed by atoms with Crippen LogP contribution >= 0.6 is 0 Å². The van der Waals surface area contributed by atoms with Gasteiger partial charge in [-0.1, -0.05) is 388 Å². The van der Waals surface area contributed by atoms with Crippen molar-refractivity contribution in [2.75, 3.05) is 0 Å². The Balaban J connectivity index is 1.36. The van der Waals surface area contributed by atoms with E-state index in [-0.39, 0.29) is 0 Å². The molecule has 0 saturated carbocycles. The second-order valence-corrected chi connectivity index (χ2v) is 32.0. The molecule has 16 rings (SSSR count). The zero-order valence-corrected chi connectivity index (χ0v) is 60.7. The lowest BCUT2D eigenvalue weighted by Gasteiger charge is -2.53. The Labute approximate surface area is 610 Å². The standard InChI is InChI=1S/C102H82Si/c1-69-68-102(7,74(6)70(69)2)103(99-71(3)87(75-44-20-8-21-45-75)90(78-50-26-11-27-51-78)93(81-56-32-14-33-57-81)96(99)84-62-38-17-39-63-84,100-72(4)88(76-46-22-9-23-47-76)91(79-52-28-12-29-53-79)94(82-58-34-15-35-59-82)97(100)85-64-40-18-41-65-85)101-73(5)89(77-48-24-10-25-49-77)92(80-54-30-13-31-55-80)95(83-60-36-16-37-61-83)98(101)86-66-42-19-43-67-86/h8-68H,1-7H3. The van der Waals surface area contributed by atoms with Gasteiger partial charge in [0.25, 0.3) is 0 Å². The predicted octanol–water partition coefficient (Wildman–Crippen LogP) is 26.1. The minimum atomic E-state index is -4.57. The van der Waals surface area contributed by atoms with Crippen LogP contribution in [-0.4, -0.2) is 8.07 Å². The molecule has 15 aromatic carbocycles. The van der Waals surface area contributed by atoms with Gasteiger partial charge < -0.3 is 0 Å². The summed E-state index contributed by atoms with van der Waals surface area (Å²) in [6.45, 7) is 17.7. The lowest BCUT2D eigenvalue weighted by molar-refractivity contribution is 0.869. The summed E-state index contributed by atoms with van der Waals surface area (Å²) in [5, 5.41) is 3.30. The largest absolute Gasteiger partial charge is 0.164 e.